The zero-order valence-corrected chi connectivity index (χ0v) is 13.7. The highest BCUT2D eigenvalue weighted by Crippen LogP contribution is 2.61. The number of carboxylic acid groups (broad SMARTS) is 1. The summed E-state index contributed by atoms with van der Waals surface area (Å²) in [6.07, 6.45) is 8.60. The molecule has 0 heterocycles. The van der Waals surface area contributed by atoms with Gasteiger partial charge in [0.1, 0.15) is 0 Å². The summed E-state index contributed by atoms with van der Waals surface area (Å²) in [5, 5.41) is 9.75. The maximum Gasteiger partial charge on any atom is 0.309 e. The van der Waals surface area contributed by atoms with E-state index in [0.717, 1.165) is 32.1 Å². The van der Waals surface area contributed by atoms with Gasteiger partial charge in [0, 0.05) is 0 Å². The fourth-order valence-corrected chi connectivity index (χ4v) is 5.12. The average molecular weight is 292 g/mol. The van der Waals surface area contributed by atoms with Crippen LogP contribution in [0.4, 0.5) is 0 Å². The van der Waals surface area contributed by atoms with Crippen molar-refractivity contribution in [1.29, 1.82) is 0 Å². The topological polar surface area (TPSA) is 54.4 Å². The minimum Gasteiger partial charge on any atom is -0.481 e. The fraction of sp³-hybridized carbons (Fsp3) is 0.778. The zero-order valence-electron chi connectivity index (χ0n) is 13.7. The Morgan fingerprint density at radius 2 is 1.86 bits per heavy atom. The highest BCUT2D eigenvalue weighted by atomic mass is 16.4. The molecule has 3 heteroatoms. The van der Waals surface area contributed by atoms with E-state index in [4.69, 9.17) is 0 Å². The van der Waals surface area contributed by atoms with Gasteiger partial charge in [-0.1, -0.05) is 26.3 Å². The van der Waals surface area contributed by atoms with Gasteiger partial charge in [-0.25, -0.2) is 0 Å². The molecular formula is C18H28O3. The largest absolute Gasteiger partial charge is 0.481 e. The number of rotatable bonds is 3. The molecule has 2 aliphatic rings. The van der Waals surface area contributed by atoms with Gasteiger partial charge in [0.05, 0.1) is 5.41 Å². The number of fused-ring (bicyclic) bond motifs is 1. The summed E-state index contributed by atoms with van der Waals surface area (Å²) >= 11 is 0. The van der Waals surface area contributed by atoms with Crippen LogP contribution in [0.2, 0.25) is 0 Å². The second kappa shape index (κ2) is 5.58. The van der Waals surface area contributed by atoms with Crippen LogP contribution in [-0.2, 0) is 9.59 Å². The molecule has 0 aromatic heterocycles. The Morgan fingerprint density at radius 3 is 2.43 bits per heavy atom. The molecule has 2 rings (SSSR count). The normalized spacial score (nSPS) is 43.5. The van der Waals surface area contributed by atoms with E-state index in [-0.39, 0.29) is 17.1 Å². The second-order valence-corrected chi connectivity index (χ2v) is 7.68. The van der Waals surface area contributed by atoms with Crippen molar-refractivity contribution in [2.75, 3.05) is 0 Å². The maximum atomic E-state index is 11.9. The quantitative estimate of drug-likeness (QED) is 0.798. The van der Waals surface area contributed by atoms with E-state index < -0.39 is 11.4 Å². The van der Waals surface area contributed by atoms with Crippen LogP contribution in [0.3, 0.4) is 0 Å². The number of carbonyl (C=O) groups excluding carboxylic acids is 1. The highest BCUT2D eigenvalue weighted by Gasteiger charge is 2.57. The summed E-state index contributed by atoms with van der Waals surface area (Å²) < 4.78 is 0. The lowest BCUT2D eigenvalue weighted by molar-refractivity contribution is -0.166. The summed E-state index contributed by atoms with van der Waals surface area (Å²) in [6.45, 7) is 8.00. The van der Waals surface area contributed by atoms with Crippen molar-refractivity contribution in [3.8, 4) is 0 Å². The van der Waals surface area contributed by atoms with E-state index >= 15 is 0 Å². The van der Waals surface area contributed by atoms with Crippen molar-refractivity contribution in [2.45, 2.75) is 59.8 Å². The lowest BCUT2D eigenvalue weighted by atomic mass is 9.46. The highest BCUT2D eigenvalue weighted by molar-refractivity contribution is 5.87. The van der Waals surface area contributed by atoms with Crippen LogP contribution in [0.25, 0.3) is 0 Å². The molecule has 21 heavy (non-hydrogen) atoms. The van der Waals surface area contributed by atoms with Crippen LogP contribution in [0.1, 0.15) is 59.8 Å². The van der Waals surface area contributed by atoms with Gasteiger partial charge in [0.2, 0.25) is 0 Å². The van der Waals surface area contributed by atoms with Crippen LogP contribution in [-0.4, -0.2) is 16.9 Å². The maximum absolute atomic E-state index is 11.9. The average Bonchev–Trinajstić information content (AvgIpc) is 2.36. The lowest BCUT2D eigenvalue weighted by Gasteiger charge is -2.57. The molecule has 0 bridgehead atoms. The number of ketones is 1. The van der Waals surface area contributed by atoms with Crippen molar-refractivity contribution >= 4 is 11.8 Å². The number of carbonyl (C=O) groups is 2. The predicted molar refractivity (Wildman–Crippen MR) is 82.9 cm³/mol. The molecule has 1 N–H and O–H groups in total. The first-order valence-electron chi connectivity index (χ1n) is 8.14. The Morgan fingerprint density at radius 1 is 1.19 bits per heavy atom. The van der Waals surface area contributed by atoms with Crippen LogP contribution < -0.4 is 0 Å². The van der Waals surface area contributed by atoms with Crippen LogP contribution in [0, 0.1) is 28.6 Å². The number of hydrogen-bond acceptors (Lipinski definition) is 2. The van der Waals surface area contributed by atoms with E-state index in [0.29, 0.717) is 11.8 Å². The van der Waals surface area contributed by atoms with Gasteiger partial charge >= 0.3 is 5.97 Å². The number of hydrogen-bond donors (Lipinski definition) is 1. The van der Waals surface area contributed by atoms with Crippen LogP contribution in [0.5, 0.6) is 0 Å². The minimum absolute atomic E-state index is 0.00495. The van der Waals surface area contributed by atoms with E-state index in [1.165, 1.54) is 0 Å². The van der Waals surface area contributed by atoms with E-state index in [1.54, 1.807) is 13.0 Å². The molecule has 2 saturated carbocycles. The summed E-state index contributed by atoms with van der Waals surface area (Å²) in [5.74, 6) is 0.443. The standard InChI is InChI=1S/C18H28O3/c1-12-6-9-15-17(3,14(12)8-7-13(2)19)10-5-11-18(15,4)16(20)21/h7-8,12,14-15H,5-6,9-11H2,1-4H3,(H,20,21)/b8-7+. The number of carboxylic acids is 1. The Kier molecular flexibility index (Phi) is 4.32. The zero-order chi connectivity index (χ0) is 15.8. The minimum atomic E-state index is -0.651. The molecule has 118 valence electrons. The third-order valence-electron chi connectivity index (χ3n) is 6.29. The first-order valence-corrected chi connectivity index (χ1v) is 8.14. The molecular weight excluding hydrogens is 264 g/mol. The smallest absolute Gasteiger partial charge is 0.309 e. The molecule has 0 aromatic carbocycles. The van der Waals surface area contributed by atoms with Crippen molar-refractivity contribution in [3.63, 3.8) is 0 Å². The molecule has 2 aliphatic carbocycles. The molecule has 3 nitrogen and oxygen atoms in total. The van der Waals surface area contributed by atoms with E-state index in [1.807, 2.05) is 6.92 Å². The van der Waals surface area contributed by atoms with Crippen molar-refractivity contribution in [2.24, 2.45) is 28.6 Å². The van der Waals surface area contributed by atoms with Gasteiger partial charge in [-0.05, 0) is 68.8 Å². The van der Waals surface area contributed by atoms with Gasteiger partial charge in [0.15, 0.2) is 5.78 Å². The molecule has 0 aliphatic heterocycles. The Hall–Kier alpha value is -1.12. The summed E-state index contributed by atoms with van der Waals surface area (Å²) in [4.78, 5) is 23.2. The summed E-state index contributed by atoms with van der Waals surface area (Å²) in [7, 11) is 0. The van der Waals surface area contributed by atoms with Crippen molar-refractivity contribution in [3.05, 3.63) is 12.2 Å². The van der Waals surface area contributed by atoms with E-state index in [9.17, 15) is 14.7 Å². The van der Waals surface area contributed by atoms with Gasteiger partial charge in [-0.3, -0.25) is 9.59 Å². The third-order valence-corrected chi connectivity index (χ3v) is 6.29. The van der Waals surface area contributed by atoms with Gasteiger partial charge in [0.25, 0.3) is 0 Å². The molecule has 2 fully saturated rings. The van der Waals surface area contributed by atoms with Crippen molar-refractivity contribution < 1.29 is 14.7 Å². The Labute approximate surface area is 127 Å². The van der Waals surface area contributed by atoms with Gasteiger partial charge in [-0.2, -0.15) is 0 Å². The number of allylic oxidation sites excluding steroid dienone is 2. The van der Waals surface area contributed by atoms with Gasteiger partial charge in [-0.15, -0.1) is 0 Å². The molecule has 0 amide bonds. The first-order chi connectivity index (χ1) is 9.71. The molecule has 0 spiro atoms. The van der Waals surface area contributed by atoms with Crippen molar-refractivity contribution in [1.82, 2.24) is 0 Å². The van der Waals surface area contributed by atoms with Crippen LogP contribution >= 0.6 is 0 Å². The molecule has 0 saturated heterocycles. The fourth-order valence-electron chi connectivity index (χ4n) is 5.12. The van der Waals surface area contributed by atoms with Gasteiger partial charge < -0.3 is 5.11 Å². The molecule has 5 unspecified atom stereocenters. The molecule has 0 radical (unpaired) electrons. The number of aliphatic carboxylic acids is 1. The molecule has 0 aromatic rings. The lowest BCUT2D eigenvalue weighted by Crippen LogP contribution is -2.54. The molecule has 5 atom stereocenters. The summed E-state index contributed by atoms with van der Waals surface area (Å²) in [5.41, 5.74) is -0.621. The Bertz CT molecular complexity index is 467. The SMILES string of the molecule is CC(=O)/C=C/C1C(C)CCC2C(C)(C(=O)O)CCCC12C. The van der Waals surface area contributed by atoms with Crippen LogP contribution in [0.15, 0.2) is 12.2 Å². The first kappa shape index (κ1) is 16.3. The monoisotopic (exact) mass is 292 g/mol. The summed E-state index contributed by atoms with van der Waals surface area (Å²) in [6, 6.07) is 0. The Balaban J connectivity index is 2.39. The predicted octanol–water partition coefficient (Wildman–Crippen LogP) is 4.08. The third kappa shape index (κ3) is 2.67. The second-order valence-electron chi connectivity index (χ2n) is 7.68. The van der Waals surface area contributed by atoms with E-state index in [2.05, 4.69) is 19.9 Å².